The van der Waals surface area contributed by atoms with Crippen molar-refractivity contribution in [2.45, 2.75) is 37.5 Å². The summed E-state index contributed by atoms with van der Waals surface area (Å²) in [7, 11) is 0. The molecule has 0 aromatic carbocycles. The second-order valence-electron chi connectivity index (χ2n) is 7.31. The van der Waals surface area contributed by atoms with Crippen LogP contribution in [0, 0.1) is 5.41 Å². The standard InChI is InChI=1S/C17H19F3N4O2/c18-17(19,20)10-2-4-22-13(7-10)23-5-6-24-12(9-23)14(25)16(15(24)26)3-1-11(21)8-16/h2,4,7,11-12H,1,3,5-6,8-9,21H2/t11-,12?,16+/m1/s1. The second-order valence-corrected chi connectivity index (χ2v) is 7.31. The van der Waals surface area contributed by atoms with E-state index < -0.39 is 23.2 Å². The van der Waals surface area contributed by atoms with Gasteiger partial charge in [-0.2, -0.15) is 13.2 Å². The second kappa shape index (κ2) is 5.67. The summed E-state index contributed by atoms with van der Waals surface area (Å²) in [6.07, 6.45) is -1.89. The molecule has 3 heterocycles. The molecule has 1 unspecified atom stereocenters. The van der Waals surface area contributed by atoms with Crippen molar-refractivity contribution in [1.82, 2.24) is 9.88 Å². The summed E-state index contributed by atoms with van der Waals surface area (Å²) in [5.74, 6) is -0.145. The van der Waals surface area contributed by atoms with Crippen molar-refractivity contribution in [3.63, 3.8) is 0 Å². The number of piperazine rings is 1. The number of pyridine rings is 1. The maximum atomic E-state index is 13.0. The highest BCUT2D eigenvalue weighted by Crippen LogP contribution is 2.47. The monoisotopic (exact) mass is 368 g/mol. The van der Waals surface area contributed by atoms with Crippen molar-refractivity contribution < 1.29 is 22.8 Å². The Bertz CT molecular complexity index is 769. The molecule has 3 fully saturated rings. The molecule has 2 N–H and O–H groups in total. The van der Waals surface area contributed by atoms with Crippen molar-refractivity contribution in [2.75, 3.05) is 24.5 Å². The topological polar surface area (TPSA) is 79.5 Å². The summed E-state index contributed by atoms with van der Waals surface area (Å²) in [5, 5.41) is 0. The maximum Gasteiger partial charge on any atom is 0.416 e. The predicted molar refractivity (Wildman–Crippen MR) is 86.2 cm³/mol. The number of hydrogen-bond acceptors (Lipinski definition) is 5. The molecule has 1 aliphatic carbocycles. The van der Waals surface area contributed by atoms with Gasteiger partial charge >= 0.3 is 6.18 Å². The van der Waals surface area contributed by atoms with Gasteiger partial charge in [0, 0.05) is 31.9 Å². The Balaban J connectivity index is 1.59. The maximum absolute atomic E-state index is 13.0. The van der Waals surface area contributed by atoms with Crippen LogP contribution < -0.4 is 10.6 Å². The number of fused-ring (bicyclic) bond motifs is 1. The van der Waals surface area contributed by atoms with Gasteiger partial charge in [0.05, 0.1) is 5.56 Å². The fourth-order valence-electron chi connectivity index (χ4n) is 4.43. The highest BCUT2D eigenvalue weighted by atomic mass is 19.4. The lowest BCUT2D eigenvalue weighted by Gasteiger charge is -2.37. The molecule has 140 valence electrons. The lowest BCUT2D eigenvalue weighted by molar-refractivity contribution is -0.139. The van der Waals surface area contributed by atoms with Crippen LogP contribution in [0.15, 0.2) is 18.3 Å². The number of alkyl halides is 3. The Kier molecular flexibility index (Phi) is 3.76. The van der Waals surface area contributed by atoms with Crippen LogP contribution in [-0.2, 0) is 15.8 Å². The van der Waals surface area contributed by atoms with Crippen LogP contribution in [0.5, 0.6) is 0 Å². The molecule has 9 heteroatoms. The molecule has 4 rings (SSSR count). The summed E-state index contributed by atoms with van der Waals surface area (Å²) in [4.78, 5) is 33.0. The summed E-state index contributed by atoms with van der Waals surface area (Å²) in [6.45, 7) is 0.798. The molecule has 2 aliphatic heterocycles. The van der Waals surface area contributed by atoms with Crippen LogP contribution in [0.1, 0.15) is 24.8 Å². The summed E-state index contributed by atoms with van der Waals surface area (Å²) in [5.41, 5.74) is 4.12. The van der Waals surface area contributed by atoms with Crippen molar-refractivity contribution >= 4 is 17.5 Å². The third-order valence-corrected chi connectivity index (χ3v) is 5.77. The number of halogens is 3. The SMILES string of the molecule is N[C@@H]1CC[C@]2(C1)C(=O)C1CN(c3cc(C(F)(F)F)ccn3)CCN1C2=O. The summed E-state index contributed by atoms with van der Waals surface area (Å²) >= 11 is 0. The van der Waals surface area contributed by atoms with E-state index in [4.69, 9.17) is 5.73 Å². The molecule has 3 atom stereocenters. The Morgan fingerprint density at radius 2 is 2.04 bits per heavy atom. The van der Waals surface area contributed by atoms with E-state index in [1.54, 1.807) is 9.80 Å². The molecule has 1 spiro atoms. The fraction of sp³-hybridized carbons (Fsp3) is 0.588. The zero-order valence-electron chi connectivity index (χ0n) is 14.0. The third-order valence-electron chi connectivity index (χ3n) is 5.77. The average molecular weight is 368 g/mol. The van der Waals surface area contributed by atoms with Crippen LogP contribution >= 0.6 is 0 Å². The molecule has 3 aliphatic rings. The number of ketones is 1. The van der Waals surface area contributed by atoms with Gasteiger partial charge in [-0.1, -0.05) is 0 Å². The minimum absolute atomic E-state index is 0.146. The van der Waals surface area contributed by atoms with Gasteiger partial charge in [-0.15, -0.1) is 0 Å². The number of nitrogens with two attached hydrogens (primary N) is 1. The molecule has 1 saturated carbocycles. The number of rotatable bonds is 1. The van der Waals surface area contributed by atoms with Crippen molar-refractivity contribution in [3.8, 4) is 0 Å². The molecule has 1 aromatic rings. The quantitative estimate of drug-likeness (QED) is 0.754. The number of Topliss-reactive ketones (excluding diaryl/α,β-unsaturated/α-hetero) is 1. The number of carbonyl (C=O) groups is 2. The average Bonchev–Trinajstić information content (AvgIpc) is 3.10. The summed E-state index contributed by atoms with van der Waals surface area (Å²) < 4.78 is 38.8. The van der Waals surface area contributed by atoms with Gasteiger partial charge < -0.3 is 15.5 Å². The molecule has 2 saturated heterocycles. The first kappa shape index (κ1) is 17.3. The number of anilines is 1. The Labute approximate surface area is 148 Å². The normalized spacial score (nSPS) is 31.8. The molecule has 0 bridgehead atoms. The highest BCUT2D eigenvalue weighted by Gasteiger charge is 2.61. The van der Waals surface area contributed by atoms with Crippen LogP contribution in [0.4, 0.5) is 19.0 Å². The molecular weight excluding hydrogens is 349 g/mol. The minimum atomic E-state index is -4.46. The predicted octanol–water partition coefficient (Wildman–Crippen LogP) is 1.20. The first-order valence-corrected chi connectivity index (χ1v) is 8.61. The lowest BCUT2D eigenvalue weighted by Crippen LogP contribution is -2.53. The number of amides is 1. The van der Waals surface area contributed by atoms with Crippen LogP contribution in [-0.4, -0.2) is 53.3 Å². The number of hydrogen-bond donors (Lipinski definition) is 1. The summed E-state index contributed by atoms with van der Waals surface area (Å²) in [6, 6.07) is 1.10. The van der Waals surface area contributed by atoms with Crippen molar-refractivity contribution in [1.29, 1.82) is 0 Å². The fourth-order valence-corrected chi connectivity index (χ4v) is 4.43. The van der Waals surface area contributed by atoms with E-state index in [2.05, 4.69) is 4.98 Å². The molecule has 26 heavy (non-hydrogen) atoms. The largest absolute Gasteiger partial charge is 0.416 e. The molecule has 1 aromatic heterocycles. The van der Waals surface area contributed by atoms with Gasteiger partial charge in [0.2, 0.25) is 5.91 Å². The van der Waals surface area contributed by atoms with E-state index in [1.165, 1.54) is 0 Å². The number of aromatic nitrogens is 1. The Morgan fingerprint density at radius 1 is 1.27 bits per heavy atom. The Morgan fingerprint density at radius 3 is 2.69 bits per heavy atom. The smallest absolute Gasteiger partial charge is 0.352 e. The number of carbonyl (C=O) groups excluding carboxylic acids is 2. The van der Waals surface area contributed by atoms with Crippen molar-refractivity contribution in [2.24, 2.45) is 11.1 Å². The van der Waals surface area contributed by atoms with E-state index in [0.717, 1.165) is 18.3 Å². The third kappa shape index (κ3) is 2.48. The molecule has 0 radical (unpaired) electrons. The van der Waals surface area contributed by atoms with E-state index in [-0.39, 0.29) is 30.1 Å². The van der Waals surface area contributed by atoms with E-state index >= 15 is 0 Å². The first-order chi connectivity index (χ1) is 12.2. The van der Waals surface area contributed by atoms with E-state index in [0.29, 0.717) is 32.4 Å². The van der Waals surface area contributed by atoms with E-state index in [1.807, 2.05) is 0 Å². The van der Waals surface area contributed by atoms with Gasteiger partial charge in [0.1, 0.15) is 17.3 Å². The molecular formula is C17H19F3N4O2. The van der Waals surface area contributed by atoms with Crippen molar-refractivity contribution in [3.05, 3.63) is 23.9 Å². The van der Waals surface area contributed by atoms with Gasteiger partial charge in [-0.3, -0.25) is 9.59 Å². The van der Waals surface area contributed by atoms with Gasteiger partial charge in [0.15, 0.2) is 5.78 Å². The minimum Gasteiger partial charge on any atom is -0.352 e. The van der Waals surface area contributed by atoms with Crippen LogP contribution in [0.2, 0.25) is 0 Å². The molecule has 1 amide bonds. The highest BCUT2D eigenvalue weighted by molar-refractivity contribution is 6.15. The van der Waals surface area contributed by atoms with E-state index in [9.17, 15) is 22.8 Å². The zero-order chi connectivity index (χ0) is 18.7. The van der Waals surface area contributed by atoms with Gasteiger partial charge in [-0.25, -0.2) is 4.98 Å². The first-order valence-electron chi connectivity index (χ1n) is 8.61. The van der Waals surface area contributed by atoms with Crippen LogP contribution in [0.3, 0.4) is 0 Å². The lowest BCUT2D eigenvalue weighted by atomic mass is 9.81. The van der Waals surface area contributed by atoms with Gasteiger partial charge in [0.25, 0.3) is 0 Å². The zero-order valence-corrected chi connectivity index (χ0v) is 14.0. The van der Waals surface area contributed by atoms with Gasteiger partial charge in [-0.05, 0) is 31.4 Å². The molecule has 6 nitrogen and oxygen atoms in total. The van der Waals surface area contributed by atoms with Crippen LogP contribution in [0.25, 0.3) is 0 Å². The Hall–Kier alpha value is -2.16. The number of nitrogens with zero attached hydrogens (tertiary/aromatic N) is 3.